The molecular formula is C16H32N2. The van der Waals surface area contributed by atoms with Crippen LogP contribution in [0.15, 0.2) is 0 Å². The van der Waals surface area contributed by atoms with Crippen LogP contribution in [-0.4, -0.2) is 36.6 Å². The predicted molar refractivity (Wildman–Crippen MR) is 78.9 cm³/mol. The Morgan fingerprint density at radius 1 is 1.11 bits per heavy atom. The van der Waals surface area contributed by atoms with Crippen LogP contribution >= 0.6 is 0 Å². The van der Waals surface area contributed by atoms with E-state index in [1.54, 1.807) is 0 Å². The third-order valence-corrected chi connectivity index (χ3v) is 4.51. The Hall–Kier alpha value is -0.0800. The Morgan fingerprint density at radius 3 is 2.44 bits per heavy atom. The molecule has 0 aliphatic heterocycles. The van der Waals surface area contributed by atoms with Gasteiger partial charge < -0.3 is 5.32 Å². The van der Waals surface area contributed by atoms with Crippen molar-refractivity contribution in [2.24, 2.45) is 11.8 Å². The first-order valence-corrected chi connectivity index (χ1v) is 8.18. The maximum absolute atomic E-state index is 3.73. The van der Waals surface area contributed by atoms with Crippen molar-refractivity contribution in [2.75, 3.05) is 19.6 Å². The average molecular weight is 252 g/mol. The second-order valence-electron chi connectivity index (χ2n) is 6.79. The minimum Gasteiger partial charge on any atom is -0.314 e. The van der Waals surface area contributed by atoms with Gasteiger partial charge in [0.25, 0.3) is 0 Å². The van der Waals surface area contributed by atoms with E-state index in [0.29, 0.717) is 0 Å². The summed E-state index contributed by atoms with van der Waals surface area (Å²) in [4.78, 5) is 2.80. The van der Waals surface area contributed by atoms with Gasteiger partial charge in [-0.3, -0.25) is 4.90 Å². The van der Waals surface area contributed by atoms with Gasteiger partial charge in [0, 0.05) is 25.2 Å². The number of hydrogen-bond acceptors (Lipinski definition) is 2. The van der Waals surface area contributed by atoms with E-state index in [1.807, 2.05) is 0 Å². The second kappa shape index (κ2) is 6.91. The maximum Gasteiger partial charge on any atom is 0.0107 e. The first kappa shape index (κ1) is 14.3. The molecule has 18 heavy (non-hydrogen) atoms. The zero-order valence-corrected chi connectivity index (χ0v) is 12.6. The topological polar surface area (TPSA) is 15.3 Å². The van der Waals surface area contributed by atoms with Gasteiger partial charge in [-0.15, -0.1) is 0 Å². The van der Waals surface area contributed by atoms with E-state index in [-0.39, 0.29) is 0 Å². The Bertz CT molecular complexity index is 233. The molecule has 2 rings (SSSR count). The van der Waals surface area contributed by atoms with Crippen molar-refractivity contribution < 1.29 is 0 Å². The van der Waals surface area contributed by atoms with Crippen LogP contribution in [-0.2, 0) is 0 Å². The van der Waals surface area contributed by atoms with Crippen molar-refractivity contribution in [1.29, 1.82) is 0 Å². The molecule has 0 amide bonds. The monoisotopic (exact) mass is 252 g/mol. The van der Waals surface area contributed by atoms with Gasteiger partial charge in [0.15, 0.2) is 0 Å². The van der Waals surface area contributed by atoms with Crippen LogP contribution in [0.4, 0.5) is 0 Å². The summed E-state index contributed by atoms with van der Waals surface area (Å²) in [7, 11) is 0. The molecule has 106 valence electrons. The molecule has 0 spiro atoms. The van der Waals surface area contributed by atoms with Crippen LogP contribution in [0.3, 0.4) is 0 Å². The van der Waals surface area contributed by atoms with Crippen LogP contribution in [0, 0.1) is 11.8 Å². The van der Waals surface area contributed by atoms with Gasteiger partial charge in [0.2, 0.25) is 0 Å². The van der Waals surface area contributed by atoms with Gasteiger partial charge in [-0.1, -0.05) is 33.6 Å². The fourth-order valence-electron chi connectivity index (χ4n) is 3.54. The molecule has 2 saturated carbocycles. The molecule has 2 aliphatic carbocycles. The highest BCUT2D eigenvalue weighted by molar-refractivity contribution is 4.89. The highest BCUT2D eigenvalue weighted by Gasteiger charge is 2.33. The Kier molecular flexibility index (Phi) is 5.50. The first-order chi connectivity index (χ1) is 8.70. The average Bonchev–Trinajstić information content (AvgIpc) is 3.14. The summed E-state index contributed by atoms with van der Waals surface area (Å²) in [6, 6.07) is 1.72. The second-order valence-corrected chi connectivity index (χ2v) is 6.79. The van der Waals surface area contributed by atoms with Gasteiger partial charge >= 0.3 is 0 Å². The van der Waals surface area contributed by atoms with Gasteiger partial charge in [-0.05, 0) is 44.1 Å². The third kappa shape index (κ3) is 4.24. The number of hydrogen-bond donors (Lipinski definition) is 1. The van der Waals surface area contributed by atoms with Crippen molar-refractivity contribution in [3.05, 3.63) is 0 Å². The summed E-state index contributed by atoms with van der Waals surface area (Å²) in [6.45, 7) is 10.8. The Labute approximate surface area is 114 Å². The van der Waals surface area contributed by atoms with Crippen LogP contribution in [0.5, 0.6) is 0 Å². The lowest BCUT2D eigenvalue weighted by Gasteiger charge is -2.36. The predicted octanol–water partition coefficient (Wildman–Crippen LogP) is 3.28. The van der Waals surface area contributed by atoms with Crippen molar-refractivity contribution >= 4 is 0 Å². The van der Waals surface area contributed by atoms with E-state index in [9.17, 15) is 0 Å². The summed E-state index contributed by atoms with van der Waals surface area (Å²) >= 11 is 0. The Balaban J connectivity index is 1.86. The van der Waals surface area contributed by atoms with E-state index < -0.39 is 0 Å². The molecule has 0 bridgehead atoms. The lowest BCUT2D eigenvalue weighted by atomic mass is 9.84. The van der Waals surface area contributed by atoms with Gasteiger partial charge in [0.05, 0.1) is 0 Å². The smallest absolute Gasteiger partial charge is 0.0107 e. The number of rotatable bonds is 7. The zero-order chi connectivity index (χ0) is 13.0. The van der Waals surface area contributed by atoms with Crippen molar-refractivity contribution in [3.8, 4) is 0 Å². The SMILES string of the molecule is CCNC1CCCCC1CN(CC(C)C)C1CC1. The molecule has 0 saturated heterocycles. The summed E-state index contributed by atoms with van der Waals surface area (Å²) in [6.07, 6.45) is 8.63. The molecule has 0 heterocycles. The highest BCUT2D eigenvalue weighted by Crippen LogP contribution is 2.32. The lowest BCUT2D eigenvalue weighted by Crippen LogP contribution is -2.45. The zero-order valence-electron chi connectivity index (χ0n) is 12.6. The molecular weight excluding hydrogens is 220 g/mol. The van der Waals surface area contributed by atoms with E-state index >= 15 is 0 Å². The molecule has 2 fully saturated rings. The third-order valence-electron chi connectivity index (χ3n) is 4.51. The van der Waals surface area contributed by atoms with Crippen LogP contribution in [0.2, 0.25) is 0 Å². The Morgan fingerprint density at radius 2 is 1.83 bits per heavy atom. The minimum atomic E-state index is 0.789. The fourth-order valence-corrected chi connectivity index (χ4v) is 3.54. The summed E-state index contributed by atoms with van der Waals surface area (Å²) in [5.41, 5.74) is 0. The summed E-state index contributed by atoms with van der Waals surface area (Å²) in [5.74, 6) is 1.71. The van der Waals surface area contributed by atoms with E-state index in [4.69, 9.17) is 0 Å². The molecule has 0 aromatic carbocycles. The molecule has 2 atom stereocenters. The van der Waals surface area contributed by atoms with Gasteiger partial charge in [-0.25, -0.2) is 0 Å². The normalized spacial score (nSPS) is 29.2. The largest absolute Gasteiger partial charge is 0.314 e. The van der Waals surface area contributed by atoms with E-state index in [0.717, 1.165) is 30.5 Å². The molecule has 2 aliphatic rings. The van der Waals surface area contributed by atoms with Crippen molar-refractivity contribution in [3.63, 3.8) is 0 Å². The quantitative estimate of drug-likeness (QED) is 0.748. The fraction of sp³-hybridized carbons (Fsp3) is 1.00. The van der Waals surface area contributed by atoms with E-state index in [1.165, 1.54) is 51.6 Å². The molecule has 2 unspecified atom stereocenters. The lowest BCUT2D eigenvalue weighted by molar-refractivity contribution is 0.150. The molecule has 1 N–H and O–H groups in total. The van der Waals surface area contributed by atoms with Crippen LogP contribution < -0.4 is 5.32 Å². The first-order valence-electron chi connectivity index (χ1n) is 8.18. The number of nitrogens with zero attached hydrogens (tertiary/aromatic N) is 1. The molecule has 0 aromatic rings. The highest BCUT2D eigenvalue weighted by atomic mass is 15.2. The maximum atomic E-state index is 3.73. The van der Waals surface area contributed by atoms with Gasteiger partial charge in [-0.2, -0.15) is 0 Å². The molecule has 0 radical (unpaired) electrons. The van der Waals surface area contributed by atoms with Crippen LogP contribution in [0.25, 0.3) is 0 Å². The van der Waals surface area contributed by atoms with E-state index in [2.05, 4.69) is 31.0 Å². The molecule has 2 nitrogen and oxygen atoms in total. The number of nitrogens with one attached hydrogen (secondary N) is 1. The van der Waals surface area contributed by atoms with Crippen molar-refractivity contribution in [1.82, 2.24) is 10.2 Å². The minimum absolute atomic E-state index is 0.789. The summed E-state index contributed by atoms with van der Waals surface area (Å²) < 4.78 is 0. The summed E-state index contributed by atoms with van der Waals surface area (Å²) in [5, 5.41) is 3.73. The molecule has 0 aromatic heterocycles. The molecule has 2 heteroatoms. The van der Waals surface area contributed by atoms with Gasteiger partial charge in [0.1, 0.15) is 0 Å². The standard InChI is InChI=1S/C16H32N2/c1-4-17-16-8-6-5-7-14(16)12-18(11-13(2)3)15-9-10-15/h13-17H,4-12H2,1-3H3. The van der Waals surface area contributed by atoms with Crippen LogP contribution in [0.1, 0.15) is 59.3 Å². The van der Waals surface area contributed by atoms with Crippen molar-refractivity contribution in [2.45, 2.75) is 71.4 Å².